The number of aromatic nitrogens is 4. The van der Waals surface area contributed by atoms with Crippen molar-refractivity contribution in [2.45, 2.75) is 247 Å². The number of aliphatic hydroxyl groups excluding tert-OH is 2. The van der Waals surface area contributed by atoms with Crippen molar-refractivity contribution in [3.8, 4) is 5.75 Å². The van der Waals surface area contributed by atoms with Crippen LogP contribution in [0.2, 0.25) is 0 Å². The molecular formula is C92H130N24O20S. The van der Waals surface area contributed by atoms with Crippen LogP contribution in [0.3, 0.4) is 0 Å². The summed E-state index contributed by atoms with van der Waals surface area (Å²) >= 11 is 0.760. The number of para-hydroxylation sites is 2. The Balaban J connectivity index is 1.11. The highest BCUT2D eigenvalue weighted by Crippen LogP contribution is 2.28. The van der Waals surface area contributed by atoms with Gasteiger partial charge < -0.3 is 130 Å². The number of unbranched alkanes of at least 4 members (excludes halogenated alkanes) is 2. The molecule has 44 nitrogen and oxygen atoms in total. The Morgan fingerprint density at radius 1 is 0.555 bits per heavy atom. The van der Waals surface area contributed by atoms with Gasteiger partial charge in [-0.15, -0.1) is 11.8 Å². The van der Waals surface area contributed by atoms with E-state index in [0.29, 0.717) is 69.9 Å². The van der Waals surface area contributed by atoms with Gasteiger partial charge in [0.2, 0.25) is 100 Å². The first-order valence-electron chi connectivity index (χ1n) is 46.0. The van der Waals surface area contributed by atoms with E-state index >= 15 is 38.4 Å². The molecule has 45 heteroatoms. The third-order valence-corrected chi connectivity index (χ3v) is 25.6. The number of amides is 17. The molecule has 0 aliphatic carbocycles. The summed E-state index contributed by atoms with van der Waals surface area (Å²) in [6.45, 7) is 8.31. The first-order chi connectivity index (χ1) is 65.2. The van der Waals surface area contributed by atoms with Crippen LogP contribution in [0.5, 0.6) is 5.75 Å². The van der Waals surface area contributed by atoms with E-state index in [-0.39, 0.29) is 95.4 Å². The van der Waals surface area contributed by atoms with Gasteiger partial charge in [-0.05, 0) is 106 Å². The van der Waals surface area contributed by atoms with E-state index in [0.717, 1.165) is 36.3 Å². The molecule has 3 aromatic heterocycles. The van der Waals surface area contributed by atoms with Gasteiger partial charge in [0, 0.05) is 125 Å². The molecule has 9 rings (SSSR count). The largest absolute Gasteiger partial charge is 0.508 e. The van der Waals surface area contributed by atoms with Gasteiger partial charge in [0.05, 0.1) is 37.3 Å². The van der Waals surface area contributed by atoms with Gasteiger partial charge in [-0.25, -0.2) is 4.98 Å². The molecule has 0 unspecified atom stereocenters. The molecule has 16 atom stereocenters. The number of aromatic hydroxyl groups is 1. The summed E-state index contributed by atoms with van der Waals surface area (Å²) in [5.41, 5.74) is 19.8. The standard InChI is InChI=1S/C92H130N24O20S/c1-10-12-25-70-83(128)104-62(24-18-32-98-92(95)96)80(125)110-69(79(124)101-44-75(94)121)46-137-47-76(122)103-66(35-52-28-30-56(118)31-29-52)87(132)112(7)50(5)78(123)107-68(40-74(93)120)89(134)115-33-19-27-71(115)84(129)106-64(38-55-43-97-48-102-55)81(126)108-65(34-49(3)4)90(135)116-45-57(119)39-73(116)85(130)105-63(36-53-41-99-60-22-16-14-20-58(53)60)82(127)111-77(51(6)117)86(131)109-67(37-54-42-100-61-23-17-15-21-59(54)61)88(133)114(9)72(26-13-11-2)91(136)113(70)8/h14-17,20-23,28-31,41-43,48-51,57,62-73,77,99-100,117-119H,10-13,18-19,24-27,32-40,44-47H2,1-9H3,(H2,93,120)(H2,94,121)(H,97,102)(H,101,124)(H,103,122)(H,104,128)(H,105,130)(H,106,129)(H,107,123)(H,108,126)(H,109,131)(H,110,125)(H,111,127)(H4,95,96,98)/t50-,51+,57+,62-,63-,64-,65-,66-,67-,68+,69-,70-,71-,72-,73-,77-/m0/s1. The maximum Gasteiger partial charge on any atom is 0.246 e. The monoisotopic (exact) mass is 1920 g/mol. The number of nitrogens with two attached hydrogens (primary N) is 3. The molecule has 17 amide bonds. The number of phenolic OH excluding ortho intramolecular Hbond substituents is 1. The van der Waals surface area contributed by atoms with Gasteiger partial charge in [0.25, 0.3) is 0 Å². The van der Waals surface area contributed by atoms with Crippen molar-refractivity contribution >= 4 is 140 Å². The van der Waals surface area contributed by atoms with E-state index in [9.17, 15) is 58.5 Å². The number of primary amides is 2. The minimum Gasteiger partial charge on any atom is -0.508 e. The Hall–Kier alpha value is -13.7. The van der Waals surface area contributed by atoms with Crippen LogP contribution < -0.4 is 75.7 Å². The molecule has 3 saturated heterocycles. The van der Waals surface area contributed by atoms with Crippen molar-refractivity contribution in [3.05, 3.63) is 120 Å². The molecule has 0 radical (unpaired) electrons. The summed E-state index contributed by atoms with van der Waals surface area (Å²) in [7, 11) is 3.90. The summed E-state index contributed by atoms with van der Waals surface area (Å²) in [5.74, 6) is -18.1. The van der Waals surface area contributed by atoms with E-state index in [1.54, 1.807) is 74.8 Å². The first kappa shape index (κ1) is 107. The zero-order chi connectivity index (χ0) is 100. The highest BCUT2D eigenvalue weighted by atomic mass is 32.2. The van der Waals surface area contributed by atoms with Gasteiger partial charge in [-0.2, -0.15) is 0 Å². The number of nitrogens with zero attached hydrogens (tertiary/aromatic N) is 6. The van der Waals surface area contributed by atoms with Crippen molar-refractivity contribution in [2.24, 2.45) is 23.1 Å². The molecule has 24 N–H and O–H groups in total. The third kappa shape index (κ3) is 29.9. The van der Waals surface area contributed by atoms with Crippen LogP contribution in [0.4, 0.5) is 0 Å². The molecule has 0 bridgehead atoms. The fourth-order valence-corrected chi connectivity index (χ4v) is 17.8. The fraction of sp³-hybridized carbons (Fsp3) is 0.533. The van der Waals surface area contributed by atoms with Gasteiger partial charge in [-0.3, -0.25) is 86.9 Å². The molecule has 0 saturated carbocycles. The number of rotatable bonds is 26. The molecule has 744 valence electrons. The lowest BCUT2D eigenvalue weighted by molar-refractivity contribution is -0.149. The molecule has 0 spiro atoms. The van der Waals surface area contributed by atoms with Crippen molar-refractivity contribution in [2.75, 3.05) is 58.8 Å². The first-order valence-corrected chi connectivity index (χ1v) is 47.2. The van der Waals surface area contributed by atoms with E-state index in [4.69, 9.17) is 22.6 Å². The van der Waals surface area contributed by atoms with Crippen LogP contribution in [-0.2, 0) is 107 Å². The average molecular weight is 1920 g/mol. The average Bonchev–Trinajstić information content (AvgIpc) is 1.60. The number of guanidine groups is 1. The molecule has 137 heavy (non-hydrogen) atoms. The number of fused-ring (bicyclic) bond motifs is 4. The SMILES string of the molecule is CCCC[C@H]1C(=O)N(C)[C@@H](CCCC)C(=O)N[C@@H](CCCNC(=N)N)C(=O)N[C@H](C(=O)NCC(N)=O)CSCC(=O)N[C@@H](Cc2ccc(O)cc2)C(=O)N(C)[C@@H](C)C(=O)N[C@H](CC(N)=O)C(=O)N2CCC[C@H]2C(=O)N[C@@H](Cc2cnc[nH]2)C(=O)N[C@@H](CC(C)C)C(=O)N2C[C@H](O)C[C@H]2C(=O)N[C@@H](Cc2c[nH]c3ccccc23)C(=O)N[C@@H]([C@@H](C)O)C(=O)N[C@@H](Cc2c[nH]c3ccccc23)C(=O)N1C. The number of aliphatic hydroxyl groups is 2. The normalized spacial score (nSPS) is 24.8. The Morgan fingerprint density at radius 2 is 1.10 bits per heavy atom. The van der Waals surface area contributed by atoms with Crippen LogP contribution in [0.1, 0.15) is 147 Å². The Kier molecular flexibility index (Phi) is 39.6. The number of nitrogens with one attached hydrogen (secondary N) is 15. The number of carbonyl (C=O) groups excluding carboxylic acids is 17. The number of hydrogen-bond donors (Lipinski definition) is 21. The van der Waals surface area contributed by atoms with Crippen LogP contribution in [-0.4, -0.2) is 322 Å². The van der Waals surface area contributed by atoms with Crippen molar-refractivity contribution in [3.63, 3.8) is 0 Å². The maximum atomic E-state index is 15.8. The number of H-pyrrole nitrogens is 3. The third-order valence-electron chi connectivity index (χ3n) is 24.6. The highest BCUT2D eigenvalue weighted by Gasteiger charge is 2.47. The Bertz CT molecular complexity index is 5280. The quantitative estimate of drug-likeness (QED) is 0.0151. The molecular weight excluding hydrogens is 1790 g/mol. The minimum atomic E-state index is -1.93. The van der Waals surface area contributed by atoms with Gasteiger partial charge in [0.1, 0.15) is 90.3 Å². The lowest BCUT2D eigenvalue weighted by atomic mass is 9.99. The number of thioether (sulfide) groups is 1. The second-order valence-corrected chi connectivity index (χ2v) is 36.5. The second-order valence-electron chi connectivity index (χ2n) is 35.5. The number of likely N-dealkylation sites (N-methyl/N-ethyl adjacent to an activating group) is 3. The number of benzene rings is 3. The summed E-state index contributed by atoms with van der Waals surface area (Å²) in [4.78, 5) is 270. The summed E-state index contributed by atoms with van der Waals surface area (Å²) < 4.78 is 0. The van der Waals surface area contributed by atoms with Crippen molar-refractivity contribution in [1.82, 2.24) is 103 Å². The zero-order valence-corrected chi connectivity index (χ0v) is 79.2. The zero-order valence-electron chi connectivity index (χ0n) is 78.4. The lowest BCUT2D eigenvalue weighted by Gasteiger charge is -2.36. The van der Waals surface area contributed by atoms with Crippen molar-refractivity contribution in [1.29, 1.82) is 5.41 Å². The van der Waals surface area contributed by atoms with Gasteiger partial charge in [0.15, 0.2) is 5.96 Å². The smallest absolute Gasteiger partial charge is 0.246 e. The number of imidazole rings is 1. The number of hydrogen-bond acceptors (Lipinski definition) is 23. The minimum absolute atomic E-state index is 0.0161. The molecule has 3 fully saturated rings. The van der Waals surface area contributed by atoms with E-state index < -0.39 is 241 Å². The number of carbonyl (C=O) groups is 17. The van der Waals surface area contributed by atoms with Crippen molar-refractivity contribution < 1.29 is 96.8 Å². The van der Waals surface area contributed by atoms with Gasteiger partial charge >= 0.3 is 0 Å². The highest BCUT2D eigenvalue weighted by molar-refractivity contribution is 8.00. The molecule has 3 aliphatic rings. The van der Waals surface area contributed by atoms with E-state index in [1.165, 1.54) is 71.8 Å². The Morgan fingerprint density at radius 3 is 1.70 bits per heavy atom. The molecule has 6 heterocycles. The Labute approximate surface area is 796 Å². The number of aromatic amines is 3. The predicted octanol–water partition coefficient (Wildman–Crippen LogP) is -2.54. The lowest BCUT2D eigenvalue weighted by Crippen LogP contribution is -2.62. The maximum absolute atomic E-state index is 15.8. The van der Waals surface area contributed by atoms with Crippen LogP contribution in [0, 0.1) is 11.3 Å². The molecule has 3 aromatic carbocycles. The van der Waals surface area contributed by atoms with E-state index in [2.05, 4.69) is 78.4 Å². The van der Waals surface area contributed by atoms with E-state index in [1.807, 2.05) is 13.8 Å². The molecule has 6 aromatic rings. The summed E-state index contributed by atoms with van der Waals surface area (Å²) in [6, 6.07) is -2.36. The number of phenols is 1. The summed E-state index contributed by atoms with van der Waals surface area (Å²) in [5, 5.41) is 71.8. The van der Waals surface area contributed by atoms with Crippen LogP contribution in [0.15, 0.2) is 97.7 Å². The van der Waals surface area contributed by atoms with Gasteiger partial charge in [-0.1, -0.05) is 102 Å². The second kappa shape index (κ2) is 50.7. The topological polar surface area (TPSA) is 662 Å². The summed E-state index contributed by atoms with van der Waals surface area (Å²) in [6.07, 6.45) is 1.84. The molecule has 3 aliphatic heterocycles. The van der Waals surface area contributed by atoms with Crippen LogP contribution >= 0.6 is 11.8 Å². The van der Waals surface area contributed by atoms with Crippen LogP contribution in [0.25, 0.3) is 21.8 Å². The predicted molar refractivity (Wildman–Crippen MR) is 504 cm³/mol. The fourth-order valence-electron chi connectivity index (χ4n) is 17.0.